The zero-order valence-corrected chi connectivity index (χ0v) is 10.7. The Hall–Kier alpha value is -1.88. The molecule has 2 rings (SSSR count). The van der Waals surface area contributed by atoms with E-state index in [1.165, 1.54) is 10.8 Å². The largest absolute Gasteiger partial charge is 0.370 e. The van der Waals surface area contributed by atoms with Crippen molar-refractivity contribution in [1.82, 2.24) is 14.5 Å². The third-order valence-electron chi connectivity index (χ3n) is 2.40. The van der Waals surface area contributed by atoms with Gasteiger partial charge in [-0.25, -0.2) is 14.8 Å². The van der Waals surface area contributed by atoms with E-state index in [9.17, 15) is 4.79 Å². The van der Waals surface area contributed by atoms with Gasteiger partial charge in [0.15, 0.2) is 0 Å². The van der Waals surface area contributed by atoms with Crippen LogP contribution in [0.15, 0.2) is 35.5 Å². The van der Waals surface area contributed by atoms with Gasteiger partial charge in [-0.1, -0.05) is 17.7 Å². The number of nitrogens with one attached hydrogen (secondary N) is 1. The van der Waals surface area contributed by atoms with Crippen molar-refractivity contribution < 1.29 is 0 Å². The van der Waals surface area contributed by atoms with Crippen LogP contribution in [0.3, 0.4) is 0 Å². The van der Waals surface area contributed by atoms with Crippen LogP contribution in [0.1, 0.15) is 12.5 Å². The summed E-state index contributed by atoms with van der Waals surface area (Å²) >= 11 is 5.83. The molecule has 0 saturated heterocycles. The van der Waals surface area contributed by atoms with Gasteiger partial charge in [-0.15, -0.1) is 0 Å². The third kappa shape index (κ3) is 2.87. The SMILES string of the molecule is CCNc1ncccc1Cn1cc(Cl)cnc1=O. The molecule has 0 fully saturated rings. The van der Waals surface area contributed by atoms with E-state index in [0.717, 1.165) is 17.9 Å². The minimum atomic E-state index is -0.328. The second kappa shape index (κ2) is 5.64. The first-order valence-electron chi connectivity index (χ1n) is 5.60. The lowest BCUT2D eigenvalue weighted by Crippen LogP contribution is -2.23. The van der Waals surface area contributed by atoms with E-state index in [4.69, 9.17) is 11.6 Å². The fourth-order valence-electron chi connectivity index (χ4n) is 1.62. The number of pyridine rings is 1. The highest BCUT2D eigenvalue weighted by Crippen LogP contribution is 2.12. The summed E-state index contributed by atoms with van der Waals surface area (Å²) in [5, 5.41) is 3.58. The summed E-state index contributed by atoms with van der Waals surface area (Å²) in [6.45, 7) is 3.15. The molecule has 2 heterocycles. The highest BCUT2D eigenvalue weighted by molar-refractivity contribution is 6.30. The van der Waals surface area contributed by atoms with Crippen molar-refractivity contribution in [2.45, 2.75) is 13.5 Å². The number of nitrogens with zero attached hydrogens (tertiary/aromatic N) is 3. The van der Waals surface area contributed by atoms with E-state index >= 15 is 0 Å². The van der Waals surface area contributed by atoms with Crippen molar-refractivity contribution in [1.29, 1.82) is 0 Å². The third-order valence-corrected chi connectivity index (χ3v) is 2.59. The number of hydrogen-bond donors (Lipinski definition) is 1. The van der Waals surface area contributed by atoms with E-state index in [1.807, 2.05) is 19.1 Å². The maximum atomic E-state index is 11.6. The Morgan fingerprint density at radius 3 is 3.06 bits per heavy atom. The summed E-state index contributed by atoms with van der Waals surface area (Å²) in [4.78, 5) is 19.5. The van der Waals surface area contributed by atoms with Crippen molar-refractivity contribution in [2.24, 2.45) is 0 Å². The van der Waals surface area contributed by atoms with Gasteiger partial charge in [0.2, 0.25) is 0 Å². The van der Waals surface area contributed by atoms with Crippen LogP contribution in [0.5, 0.6) is 0 Å². The van der Waals surface area contributed by atoms with Crippen molar-refractivity contribution in [3.05, 3.63) is 51.8 Å². The Morgan fingerprint density at radius 1 is 1.44 bits per heavy atom. The van der Waals surface area contributed by atoms with Gasteiger partial charge >= 0.3 is 5.69 Å². The fourth-order valence-corrected chi connectivity index (χ4v) is 1.78. The normalized spacial score (nSPS) is 10.3. The number of rotatable bonds is 4. The molecule has 0 radical (unpaired) electrons. The first-order valence-corrected chi connectivity index (χ1v) is 5.98. The molecule has 0 spiro atoms. The Balaban J connectivity index is 2.33. The first kappa shape index (κ1) is 12.6. The molecular weight excluding hydrogens is 252 g/mol. The van der Waals surface area contributed by atoms with Gasteiger partial charge < -0.3 is 5.32 Å². The Labute approximate surface area is 109 Å². The molecule has 2 aromatic rings. The number of anilines is 1. The molecule has 0 aromatic carbocycles. The van der Waals surface area contributed by atoms with E-state index < -0.39 is 0 Å². The molecule has 0 unspecified atom stereocenters. The summed E-state index contributed by atoms with van der Waals surface area (Å²) in [5.74, 6) is 0.770. The van der Waals surface area contributed by atoms with Crippen LogP contribution < -0.4 is 11.0 Å². The fraction of sp³-hybridized carbons (Fsp3) is 0.250. The number of halogens is 1. The topological polar surface area (TPSA) is 59.8 Å². The Kier molecular flexibility index (Phi) is 3.94. The van der Waals surface area contributed by atoms with Crippen LogP contribution >= 0.6 is 11.6 Å². The summed E-state index contributed by atoms with van der Waals surface area (Å²) in [7, 11) is 0. The minimum Gasteiger partial charge on any atom is -0.370 e. The van der Waals surface area contributed by atoms with Crippen LogP contribution in [-0.4, -0.2) is 21.1 Å². The van der Waals surface area contributed by atoms with E-state index in [0.29, 0.717) is 11.6 Å². The Morgan fingerprint density at radius 2 is 2.28 bits per heavy atom. The smallest absolute Gasteiger partial charge is 0.347 e. The second-order valence-corrected chi connectivity index (χ2v) is 4.16. The monoisotopic (exact) mass is 264 g/mol. The molecule has 1 N–H and O–H groups in total. The van der Waals surface area contributed by atoms with Crippen LogP contribution in [0, 0.1) is 0 Å². The second-order valence-electron chi connectivity index (χ2n) is 3.72. The molecule has 0 aliphatic rings. The predicted octanol–water partition coefficient (Wildman–Crippen LogP) is 1.77. The van der Waals surface area contributed by atoms with Gasteiger partial charge in [-0.2, -0.15) is 0 Å². The molecule has 0 aliphatic heterocycles. The van der Waals surface area contributed by atoms with Crippen LogP contribution in [0.25, 0.3) is 0 Å². The summed E-state index contributed by atoms with van der Waals surface area (Å²) < 4.78 is 1.46. The van der Waals surface area contributed by atoms with E-state index in [1.54, 1.807) is 12.4 Å². The standard InChI is InChI=1S/C12H13ClN4O/c1-2-14-11-9(4-3-5-15-11)7-17-8-10(13)6-16-12(17)18/h3-6,8H,2,7H2,1H3,(H,14,15). The summed E-state index contributed by atoms with van der Waals surface area (Å²) in [6, 6.07) is 3.75. The van der Waals surface area contributed by atoms with Gasteiger partial charge in [-0.3, -0.25) is 4.57 Å². The van der Waals surface area contributed by atoms with Gasteiger partial charge in [0.05, 0.1) is 17.8 Å². The van der Waals surface area contributed by atoms with Crippen molar-refractivity contribution in [3.8, 4) is 0 Å². The minimum absolute atomic E-state index is 0.328. The zero-order chi connectivity index (χ0) is 13.0. The molecule has 18 heavy (non-hydrogen) atoms. The average Bonchev–Trinajstić information content (AvgIpc) is 2.36. The van der Waals surface area contributed by atoms with Gasteiger partial charge in [0.1, 0.15) is 5.82 Å². The summed E-state index contributed by atoms with van der Waals surface area (Å²) in [5.41, 5.74) is 0.594. The molecule has 5 nitrogen and oxygen atoms in total. The Bertz CT molecular complexity index is 597. The van der Waals surface area contributed by atoms with Gasteiger partial charge in [0.25, 0.3) is 0 Å². The maximum Gasteiger partial charge on any atom is 0.347 e. The van der Waals surface area contributed by atoms with Crippen LogP contribution in [0.4, 0.5) is 5.82 Å². The molecule has 0 aliphatic carbocycles. The number of hydrogen-bond acceptors (Lipinski definition) is 4. The predicted molar refractivity (Wildman–Crippen MR) is 71.0 cm³/mol. The van der Waals surface area contributed by atoms with Crippen molar-refractivity contribution in [2.75, 3.05) is 11.9 Å². The molecule has 0 amide bonds. The van der Waals surface area contributed by atoms with E-state index in [-0.39, 0.29) is 5.69 Å². The first-order chi connectivity index (χ1) is 8.70. The van der Waals surface area contributed by atoms with Crippen LogP contribution in [-0.2, 0) is 6.54 Å². The number of aromatic nitrogens is 3. The lowest BCUT2D eigenvalue weighted by Gasteiger charge is -2.10. The molecule has 2 aromatic heterocycles. The average molecular weight is 265 g/mol. The zero-order valence-electron chi connectivity index (χ0n) is 9.93. The molecule has 94 valence electrons. The molecular formula is C12H13ClN4O. The quantitative estimate of drug-likeness (QED) is 0.914. The molecule has 6 heteroatoms. The molecule has 0 atom stereocenters. The van der Waals surface area contributed by atoms with Crippen molar-refractivity contribution in [3.63, 3.8) is 0 Å². The van der Waals surface area contributed by atoms with Gasteiger partial charge in [0, 0.05) is 24.5 Å². The molecule has 0 saturated carbocycles. The van der Waals surface area contributed by atoms with Crippen LogP contribution in [0.2, 0.25) is 5.02 Å². The van der Waals surface area contributed by atoms with Gasteiger partial charge in [-0.05, 0) is 13.0 Å². The maximum absolute atomic E-state index is 11.6. The lowest BCUT2D eigenvalue weighted by molar-refractivity contribution is 0.725. The highest BCUT2D eigenvalue weighted by Gasteiger charge is 2.05. The van der Waals surface area contributed by atoms with Crippen molar-refractivity contribution >= 4 is 17.4 Å². The highest BCUT2D eigenvalue weighted by atomic mass is 35.5. The molecule has 0 bridgehead atoms. The van der Waals surface area contributed by atoms with E-state index in [2.05, 4.69) is 15.3 Å². The summed E-state index contributed by atoms with van der Waals surface area (Å²) in [6.07, 6.45) is 4.62. The lowest BCUT2D eigenvalue weighted by atomic mass is 10.2.